The van der Waals surface area contributed by atoms with Gasteiger partial charge in [-0.2, -0.15) is 0 Å². The van der Waals surface area contributed by atoms with Gasteiger partial charge in [0.15, 0.2) is 10.8 Å². The van der Waals surface area contributed by atoms with Crippen molar-refractivity contribution in [3.8, 4) is 22.3 Å². The number of aromatic nitrogens is 4. The SMILES string of the molecule is CSc1ncc2cc(-c3c(Cl)cccc3-c3cccnc3)c(Cl)nc2n1. The lowest BCUT2D eigenvalue weighted by Gasteiger charge is -2.13. The van der Waals surface area contributed by atoms with Crippen LogP contribution in [0.5, 0.6) is 0 Å². The van der Waals surface area contributed by atoms with Crippen LogP contribution in [0.1, 0.15) is 0 Å². The van der Waals surface area contributed by atoms with E-state index >= 15 is 0 Å². The van der Waals surface area contributed by atoms with Gasteiger partial charge in [0.2, 0.25) is 0 Å². The van der Waals surface area contributed by atoms with Gasteiger partial charge in [-0.25, -0.2) is 15.0 Å². The second-order valence-corrected chi connectivity index (χ2v) is 7.04. The Hall–Kier alpha value is -2.21. The van der Waals surface area contributed by atoms with E-state index in [0.29, 0.717) is 21.0 Å². The van der Waals surface area contributed by atoms with Gasteiger partial charge >= 0.3 is 0 Å². The van der Waals surface area contributed by atoms with E-state index in [2.05, 4.69) is 19.9 Å². The Bertz CT molecular complexity index is 1100. The molecule has 0 atom stereocenters. The van der Waals surface area contributed by atoms with E-state index in [4.69, 9.17) is 23.2 Å². The van der Waals surface area contributed by atoms with Crippen LogP contribution in [0.4, 0.5) is 0 Å². The number of halogens is 2. The van der Waals surface area contributed by atoms with Crippen molar-refractivity contribution in [1.29, 1.82) is 0 Å². The van der Waals surface area contributed by atoms with Crippen molar-refractivity contribution in [2.24, 2.45) is 0 Å². The highest BCUT2D eigenvalue weighted by molar-refractivity contribution is 7.98. The van der Waals surface area contributed by atoms with Crippen molar-refractivity contribution in [3.63, 3.8) is 0 Å². The molecule has 4 rings (SSSR count). The monoisotopic (exact) mass is 398 g/mol. The third-order valence-electron chi connectivity index (χ3n) is 3.94. The van der Waals surface area contributed by atoms with Crippen LogP contribution in [-0.4, -0.2) is 26.2 Å². The molecule has 128 valence electrons. The number of hydrogen-bond acceptors (Lipinski definition) is 5. The van der Waals surface area contributed by atoms with Crippen molar-refractivity contribution in [2.45, 2.75) is 5.16 Å². The number of thioether (sulfide) groups is 1. The molecular formula is C19H12Cl2N4S. The average Bonchev–Trinajstić information content (AvgIpc) is 2.68. The number of hydrogen-bond donors (Lipinski definition) is 0. The summed E-state index contributed by atoms with van der Waals surface area (Å²) in [4.78, 5) is 17.4. The molecule has 4 nitrogen and oxygen atoms in total. The number of fused-ring (bicyclic) bond motifs is 1. The standard InChI is InChI=1S/C19H12Cl2N4S/c1-26-19-23-10-12-8-14(17(21)24-18(12)25-19)16-13(5-2-6-15(16)20)11-4-3-7-22-9-11/h2-10H,1H3. The zero-order chi connectivity index (χ0) is 18.1. The molecule has 7 heteroatoms. The zero-order valence-corrected chi connectivity index (χ0v) is 16.0. The highest BCUT2D eigenvalue weighted by Crippen LogP contribution is 2.40. The number of pyridine rings is 2. The first-order valence-corrected chi connectivity index (χ1v) is 9.72. The predicted octanol–water partition coefficient (Wildman–Crippen LogP) is 5.78. The molecule has 0 spiro atoms. The number of benzene rings is 1. The van der Waals surface area contributed by atoms with Gasteiger partial charge in [-0.1, -0.05) is 53.2 Å². The summed E-state index contributed by atoms with van der Waals surface area (Å²) in [6.45, 7) is 0. The zero-order valence-electron chi connectivity index (χ0n) is 13.6. The maximum Gasteiger partial charge on any atom is 0.189 e. The van der Waals surface area contributed by atoms with Crippen LogP contribution in [0.25, 0.3) is 33.3 Å². The molecule has 0 unspecified atom stereocenters. The number of nitrogens with zero attached hydrogens (tertiary/aromatic N) is 4. The molecule has 1 aromatic carbocycles. The quantitative estimate of drug-likeness (QED) is 0.248. The van der Waals surface area contributed by atoms with Crippen molar-refractivity contribution >= 4 is 46.0 Å². The minimum Gasteiger partial charge on any atom is -0.264 e. The summed E-state index contributed by atoms with van der Waals surface area (Å²) < 4.78 is 0. The second-order valence-electron chi connectivity index (χ2n) is 5.50. The molecular weight excluding hydrogens is 387 g/mol. The minimum absolute atomic E-state index is 0.349. The molecule has 0 saturated heterocycles. The lowest BCUT2D eigenvalue weighted by Crippen LogP contribution is -1.94. The maximum absolute atomic E-state index is 6.54. The fourth-order valence-corrected chi connectivity index (χ4v) is 3.60. The molecule has 0 saturated carbocycles. The van der Waals surface area contributed by atoms with Gasteiger partial charge in [0, 0.05) is 45.7 Å². The molecule has 3 heterocycles. The highest BCUT2D eigenvalue weighted by atomic mass is 35.5. The van der Waals surface area contributed by atoms with E-state index in [9.17, 15) is 0 Å². The fraction of sp³-hybridized carbons (Fsp3) is 0.0526. The summed E-state index contributed by atoms with van der Waals surface area (Å²) in [6.07, 6.45) is 7.20. The Morgan fingerprint density at radius 3 is 2.62 bits per heavy atom. The third kappa shape index (κ3) is 3.14. The van der Waals surface area contributed by atoms with Gasteiger partial charge in [0.05, 0.1) is 0 Å². The molecule has 0 fully saturated rings. The maximum atomic E-state index is 6.54. The van der Waals surface area contributed by atoms with E-state index in [1.165, 1.54) is 11.8 Å². The second kappa shape index (κ2) is 7.19. The fourth-order valence-electron chi connectivity index (χ4n) is 2.76. The summed E-state index contributed by atoms with van der Waals surface area (Å²) in [7, 11) is 0. The highest BCUT2D eigenvalue weighted by Gasteiger charge is 2.17. The Kier molecular flexibility index (Phi) is 4.76. The first-order valence-electron chi connectivity index (χ1n) is 7.74. The summed E-state index contributed by atoms with van der Waals surface area (Å²) in [5, 5.41) is 2.40. The molecule has 3 aromatic heterocycles. The molecule has 26 heavy (non-hydrogen) atoms. The van der Waals surface area contributed by atoms with Crippen molar-refractivity contribution in [3.05, 3.63) is 65.2 Å². The smallest absolute Gasteiger partial charge is 0.189 e. The largest absolute Gasteiger partial charge is 0.264 e. The third-order valence-corrected chi connectivity index (χ3v) is 5.10. The lowest BCUT2D eigenvalue weighted by molar-refractivity contribution is 0.992. The van der Waals surface area contributed by atoms with Gasteiger partial charge in [-0.05, 0) is 30.0 Å². The molecule has 4 aromatic rings. The van der Waals surface area contributed by atoms with Crippen LogP contribution < -0.4 is 0 Å². The molecule has 0 radical (unpaired) electrons. The molecule has 0 amide bonds. The first-order chi connectivity index (χ1) is 12.7. The van der Waals surface area contributed by atoms with Gasteiger partial charge in [0.1, 0.15) is 5.15 Å². The lowest BCUT2D eigenvalue weighted by atomic mass is 9.96. The van der Waals surface area contributed by atoms with Gasteiger partial charge < -0.3 is 0 Å². The summed E-state index contributed by atoms with van der Waals surface area (Å²) >= 11 is 14.5. The van der Waals surface area contributed by atoms with E-state index in [-0.39, 0.29) is 0 Å². The topological polar surface area (TPSA) is 51.6 Å². The van der Waals surface area contributed by atoms with E-state index in [1.54, 1.807) is 18.6 Å². The number of rotatable bonds is 3. The summed E-state index contributed by atoms with van der Waals surface area (Å²) in [5.41, 5.74) is 4.01. The van der Waals surface area contributed by atoms with Crippen LogP contribution in [0.3, 0.4) is 0 Å². The van der Waals surface area contributed by atoms with Crippen LogP contribution in [0.15, 0.2) is 60.1 Å². The van der Waals surface area contributed by atoms with Crippen LogP contribution in [0.2, 0.25) is 10.2 Å². The van der Waals surface area contributed by atoms with Gasteiger partial charge in [-0.3, -0.25) is 4.98 Å². The minimum atomic E-state index is 0.349. The Balaban J connectivity index is 1.97. The molecule has 0 bridgehead atoms. The van der Waals surface area contributed by atoms with Crippen molar-refractivity contribution in [2.75, 3.05) is 6.26 Å². The predicted molar refractivity (Wildman–Crippen MR) is 108 cm³/mol. The van der Waals surface area contributed by atoms with Gasteiger partial charge in [0.25, 0.3) is 0 Å². The Morgan fingerprint density at radius 1 is 0.962 bits per heavy atom. The molecule has 0 aliphatic carbocycles. The Labute approximate surface area is 164 Å². The van der Waals surface area contributed by atoms with E-state index in [0.717, 1.165) is 27.6 Å². The van der Waals surface area contributed by atoms with Gasteiger partial charge in [-0.15, -0.1) is 0 Å². The van der Waals surface area contributed by atoms with Crippen molar-refractivity contribution in [1.82, 2.24) is 19.9 Å². The van der Waals surface area contributed by atoms with E-state index in [1.807, 2.05) is 42.7 Å². The van der Waals surface area contributed by atoms with Crippen LogP contribution in [0, 0.1) is 0 Å². The van der Waals surface area contributed by atoms with Crippen molar-refractivity contribution < 1.29 is 0 Å². The summed E-state index contributed by atoms with van der Waals surface area (Å²) in [5.74, 6) is 0. The summed E-state index contributed by atoms with van der Waals surface area (Å²) in [6, 6.07) is 11.5. The molecule has 0 aliphatic heterocycles. The average molecular weight is 399 g/mol. The van der Waals surface area contributed by atoms with Crippen LogP contribution >= 0.6 is 35.0 Å². The molecule has 0 N–H and O–H groups in total. The Morgan fingerprint density at radius 2 is 1.85 bits per heavy atom. The normalized spacial score (nSPS) is 11.0. The first kappa shape index (κ1) is 17.2. The molecule has 0 aliphatic rings. The van der Waals surface area contributed by atoms with Crippen LogP contribution in [-0.2, 0) is 0 Å². The van der Waals surface area contributed by atoms with E-state index < -0.39 is 0 Å².